The van der Waals surface area contributed by atoms with Crippen molar-refractivity contribution in [1.82, 2.24) is 14.8 Å². The topological polar surface area (TPSA) is 83.3 Å². The number of rotatable bonds is 8. The third kappa shape index (κ3) is 7.74. The van der Waals surface area contributed by atoms with Crippen molar-refractivity contribution in [2.75, 3.05) is 13.2 Å². The fourth-order valence-corrected chi connectivity index (χ4v) is 4.97. The molecule has 1 heterocycles. The maximum absolute atomic E-state index is 13.1. The third-order valence-corrected chi connectivity index (χ3v) is 6.92. The van der Waals surface area contributed by atoms with Gasteiger partial charge in [0.25, 0.3) is 0 Å². The van der Waals surface area contributed by atoms with E-state index in [1.807, 2.05) is 64.1 Å². The van der Waals surface area contributed by atoms with Gasteiger partial charge >= 0.3 is 11.7 Å². The average molecular weight is 538 g/mol. The number of hydrogen-bond donors (Lipinski definition) is 0. The van der Waals surface area contributed by atoms with E-state index in [2.05, 4.69) is 4.98 Å². The Hall–Kier alpha value is -3.03. The van der Waals surface area contributed by atoms with Crippen LogP contribution < -0.4 is 5.69 Å². The van der Waals surface area contributed by atoms with Gasteiger partial charge in [-0.1, -0.05) is 53.6 Å². The Morgan fingerprint density at radius 2 is 1.68 bits per heavy atom. The molecule has 2 aromatic carbocycles. The van der Waals surface area contributed by atoms with E-state index in [0.717, 1.165) is 42.4 Å². The van der Waals surface area contributed by atoms with Gasteiger partial charge in [0.05, 0.1) is 6.61 Å². The number of aryl methyl sites for hydroxylation is 1. The molecule has 1 saturated carbocycles. The first-order valence-corrected chi connectivity index (χ1v) is 13.6. The molecule has 3 aromatic rings. The molecule has 0 bridgehead atoms. The first kappa shape index (κ1) is 28.0. The quantitative estimate of drug-likeness (QED) is 0.323. The van der Waals surface area contributed by atoms with Crippen LogP contribution in [-0.4, -0.2) is 39.5 Å². The summed E-state index contributed by atoms with van der Waals surface area (Å²) in [4.78, 5) is 29.4. The van der Waals surface area contributed by atoms with Crippen LogP contribution in [0.4, 0.5) is 0 Å². The van der Waals surface area contributed by atoms with Crippen LogP contribution in [0.15, 0.2) is 53.3 Å². The predicted octanol–water partition coefficient (Wildman–Crippen LogP) is 6.10. The van der Waals surface area contributed by atoms with Gasteiger partial charge in [-0.15, -0.1) is 0 Å². The Morgan fingerprint density at radius 1 is 1.00 bits per heavy atom. The smallest absolute Gasteiger partial charge is 0.364 e. The fourth-order valence-electron chi connectivity index (χ4n) is 4.78. The molecule has 8 heteroatoms. The largest absolute Gasteiger partial charge is 0.458 e. The monoisotopic (exact) mass is 537 g/mol. The molecular weight excluding hydrogens is 502 g/mol. The highest BCUT2D eigenvalue weighted by atomic mass is 35.5. The molecule has 0 atom stereocenters. The van der Waals surface area contributed by atoms with Crippen molar-refractivity contribution in [2.45, 2.75) is 65.5 Å². The number of ether oxygens (including phenoxy) is 2. The highest BCUT2D eigenvalue weighted by Gasteiger charge is 2.24. The molecule has 0 amide bonds. The van der Waals surface area contributed by atoms with E-state index in [0.29, 0.717) is 41.4 Å². The van der Waals surface area contributed by atoms with E-state index in [1.54, 1.807) is 12.1 Å². The highest BCUT2D eigenvalue weighted by Crippen LogP contribution is 2.32. The average Bonchev–Trinajstić information content (AvgIpc) is 2.85. The van der Waals surface area contributed by atoms with Gasteiger partial charge in [-0.2, -0.15) is 10.1 Å². The van der Waals surface area contributed by atoms with Crippen molar-refractivity contribution >= 4 is 17.6 Å². The molecule has 0 saturated heterocycles. The standard InChI is InChI=1S/C30H36ClN3O4/c1-20-8-14-23(15-9-20)28-27(24-6-5-7-25(31)16-24)32-29(36)34(33-28)17-21-10-12-22(13-11-21)18-37-19-26(35)38-30(2,3)4/h5-9,14-16,21-22H,10-13,17-19H2,1-4H3/t21-,22-. The molecule has 1 fully saturated rings. The summed E-state index contributed by atoms with van der Waals surface area (Å²) in [6, 6.07) is 15.4. The van der Waals surface area contributed by atoms with Gasteiger partial charge in [0.15, 0.2) is 0 Å². The molecule has 0 N–H and O–H groups in total. The second kappa shape index (κ2) is 12.2. The number of nitrogens with zero attached hydrogens (tertiary/aromatic N) is 3. The Balaban J connectivity index is 1.43. The van der Waals surface area contributed by atoms with E-state index in [4.69, 9.17) is 26.2 Å². The van der Waals surface area contributed by atoms with Gasteiger partial charge in [0, 0.05) is 22.7 Å². The van der Waals surface area contributed by atoms with Crippen molar-refractivity contribution in [3.8, 4) is 22.5 Å². The van der Waals surface area contributed by atoms with Crippen LogP contribution in [0, 0.1) is 18.8 Å². The Bertz CT molecular complexity index is 1310. The van der Waals surface area contributed by atoms with Crippen LogP contribution >= 0.6 is 11.6 Å². The van der Waals surface area contributed by atoms with E-state index < -0.39 is 5.60 Å². The minimum atomic E-state index is -0.509. The van der Waals surface area contributed by atoms with E-state index in [9.17, 15) is 9.59 Å². The molecule has 38 heavy (non-hydrogen) atoms. The van der Waals surface area contributed by atoms with E-state index in [1.165, 1.54) is 4.68 Å². The highest BCUT2D eigenvalue weighted by molar-refractivity contribution is 6.30. The predicted molar refractivity (Wildman–Crippen MR) is 149 cm³/mol. The molecule has 1 aromatic heterocycles. The zero-order valence-corrected chi connectivity index (χ0v) is 23.3. The number of carbonyl (C=O) groups excluding carboxylic acids is 1. The number of esters is 1. The van der Waals surface area contributed by atoms with Crippen LogP contribution in [0.25, 0.3) is 22.5 Å². The van der Waals surface area contributed by atoms with Crippen molar-refractivity contribution in [1.29, 1.82) is 0 Å². The van der Waals surface area contributed by atoms with Gasteiger partial charge < -0.3 is 9.47 Å². The van der Waals surface area contributed by atoms with Gasteiger partial charge in [-0.3, -0.25) is 0 Å². The summed E-state index contributed by atoms with van der Waals surface area (Å²) < 4.78 is 12.4. The number of aromatic nitrogens is 3. The molecule has 0 radical (unpaired) electrons. The van der Waals surface area contributed by atoms with Gasteiger partial charge in [-0.05, 0) is 77.3 Å². The van der Waals surface area contributed by atoms with E-state index >= 15 is 0 Å². The lowest BCUT2D eigenvalue weighted by Gasteiger charge is -2.28. The van der Waals surface area contributed by atoms with Crippen LogP contribution in [-0.2, 0) is 20.8 Å². The molecule has 1 aliphatic carbocycles. The minimum absolute atomic E-state index is 0.0249. The number of benzene rings is 2. The number of carbonyl (C=O) groups is 1. The normalized spacial score (nSPS) is 17.8. The molecule has 7 nitrogen and oxygen atoms in total. The lowest BCUT2D eigenvalue weighted by Crippen LogP contribution is -2.32. The lowest BCUT2D eigenvalue weighted by atomic mass is 9.82. The summed E-state index contributed by atoms with van der Waals surface area (Å²) in [5.41, 5.74) is 3.13. The maximum atomic E-state index is 13.1. The Morgan fingerprint density at radius 3 is 2.34 bits per heavy atom. The Labute approximate surface area is 229 Å². The first-order chi connectivity index (χ1) is 18.1. The first-order valence-electron chi connectivity index (χ1n) is 13.2. The van der Waals surface area contributed by atoms with Crippen molar-refractivity contribution in [3.63, 3.8) is 0 Å². The second-order valence-corrected chi connectivity index (χ2v) is 11.6. The van der Waals surface area contributed by atoms with Crippen LogP contribution in [0.5, 0.6) is 0 Å². The van der Waals surface area contributed by atoms with Gasteiger partial charge in [-0.25, -0.2) is 14.3 Å². The van der Waals surface area contributed by atoms with Crippen LogP contribution in [0.3, 0.4) is 0 Å². The molecule has 4 rings (SSSR count). The summed E-state index contributed by atoms with van der Waals surface area (Å²) in [7, 11) is 0. The van der Waals surface area contributed by atoms with Gasteiger partial charge in [0.2, 0.25) is 0 Å². The Kier molecular flexibility index (Phi) is 9.00. The zero-order chi connectivity index (χ0) is 27.3. The molecule has 202 valence electrons. The van der Waals surface area contributed by atoms with Crippen molar-refractivity contribution in [3.05, 3.63) is 69.6 Å². The molecule has 0 aliphatic heterocycles. The van der Waals surface area contributed by atoms with Crippen LogP contribution in [0.2, 0.25) is 5.02 Å². The SMILES string of the molecule is Cc1ccc(-c2nn(C[C@H]3CC[C@H](COCC(=O)OC(C)(C)C)CC3)c(=O)nc2-c2cccc(Cl)c2)cc1. The summed E-state index contributed by atoms with van der Waals surface area (Å²) in [5.74, 6) is 0.381. The van der Waals surface area contributed by atoms with Crippen molar-refractivity contribution in [2.24, 2.45) is 11.8 Å². The number of hydrogen-bond acceptors (Lipinski definition) is 6. The summed E-state index contributed by atoms with van der Waals surface area (Å²) in [6.45, 7) is 8.60. The third-order valence-electron chi connectivity index (χ3n) is 6.69. The fraction of sp³-hybridized carbons (Fsp3) is 0.467. The molecule has 0 spiro atoms. The second-order valence-electron chi connectivity index (χ2n) is 11.1. The molecule has 1 aliphatic rings. The van der Waals surface area contributed by atoms with Crippen molar-refractivity contribution < 1.29 is 14.3 Å². The number of halogens is 1. The molecule has 0 unspecified atom stereocenters. The van der Waals surface area contributed by atoms with Gasteiger partial charge in [0.1, 0.15) is 23.6 Å². The summed E-state index contributed by atoms with van der Waals surface area (Å²) in [6.07, 6.45) is 3.88. The summed E-state index contributed by atoms with van der Waals surface area (Å²) in [5, 5.41) is 5.39. The maximum Gasteiger partial charge on any atom is 0.364 e. The van der Waals surface area contributed by atoms with E-state index in [-0.39, 0.29) is 18.3 Å². The van der Waals surface area contributed by atoms with Crippen LogP contribution in [0.1, 0.15) is 52.0 Å². The molecular formula is C30H36ClN3O4. The minimum Gasteiger partial charge on any atom is -0.458 e. The zero-order valence-electron chi connectivity index (χ0n) is 22.6. The summed E-state index contributed by atoms with van der Waals surface area (Å²) >= 11 is 6.23. The lowest BCUT2D eigenvalue weighted by molar-refractivity contribution is -0.160.